The molecule has 0 saturated heterocycles. The molecule has 6 nitrogen and oxygen atoms in total. The normalized spacial score (nSPS) is 10.6. The topological polar surface area (TPSA) is 89.5 Å². The zero-order valence-corrected chi connectivity index (χ0v) is 9.93. The van der Waals surface area contributed by atoms with Crippen LogP contribution in [0.5, 0.6) is 5.75 Å². The second-order valence-corrected chi connectivity index (χ2v) is 3.11. The summed E-state index contributed by atoms with van der Waals surface area (Å²) in [4.78, 5) is 22.8. The lowest BCUT2D eigenvalue weighted by Gasteiger charge is -2.00. The number of esters is 1. The zero-order valence-electron chi connectivity index (χ0n) is 9.93. The fourth-order valence-corrected chi connectivity index (χ4v) is 1.13. The Hall–Kier alpha value is -2.55. The van der Waals surface area contributed by atoms with Crippen LogP contribution in [-0.4, -0.2) is 19.7 Å². The average Bonchev–Trinajstić information content (AvgIpc) is 2.36. The van der Waals surface area contributed by atoms with Crippen molar-refractivity contribution in [1.82, 2.24) is 0 Å². The third-order valence-electron chi connectivity index (χ3n) is 1.94. The molecular weight excluding hydrogens is 238 g/mol. The Morgan fingerprint density at radius 1 is 1.61 bits per heavy atom. The maximum atomic E-state index is 11.4. The predicted molar refractivity (Wildman–Crippen MR) is 61.8 cm³/mol. The smallest absolute Gasteiger partial charge is 0.349 e. The van der Waals surface area contributed by atoms with E-state index in [0.717, 1.165) is 18.4 Å². The first kappa shape index (κ1) is 13.5. The standard InChI is InChI=1S/C12H11NO5/c1-3-17-12(15)8(6-13)4-9-5-10(14)11(16-2)7-18-9/h4-5,7H,3H2,1-2H3/b8-4-. The van der Waals surface area contributed by atoms with Crippen molar-refractivity contribution in [2.75, 3.05) is 13.7 Å². The van der Waals surface area contributed by atoms with Crippen LogP contribution in [-0.2, 0) is 9.53 Å². The monoisotopic (exact) mass is 249 g/mol. The van der Waals surface area contributed by atoms with E-state index in [4.69, 9.17) is 14.4 Å². The molecule has 0 fully saturated rings. The van der Waals surface area contributed by atoms with Crippen LogP contribution < -0.4 is 10.2 Å². The first-order valence-corrected chi connectivity index (χ1v) is 5.08. The van der Waals surface area contributed by atoms with Gasteiger partial charge in [0, 0.05) is 12.1 Å². The highest BCUT2D eigenvalue weighted by Crippen LogP contribution is 2.10. The van der Waals surface area contributed by atoms with Crippen LogP contribution in [0.15, 0.2) is 27.1 Å². The van der Waals surface area contributed by atoms with Gasteiger partial charge in [-0.2, -0.15) is 5.26 Å². The van der Waals surface area contributed by atoms with Crippen LogP contribution in [0.1, 0.15) is 12.7 Å². The Labute approximate surface area is 103 Å². The lowest BCUT2D eigenvalue weighted by Crippen LogP contribution is -2.07. The van der Waals surface area contributed by atoms with Crippen molar-refractivity contribution >= 4 is 12.0 Å². The lowest BCUT2D eigenvalue weighted by atomic mass is 10.2. The van der Waals surface area contributed by atoms with Gasteiger partial charge in [0.05, 0.1) is 13.7 Å². The molecule has 0 spiro atoms. The fraction of sp³-hybridized carbons (Fsp3) is 0.250. The Bertz CT molecular complexity index is 565. The lowest BCUT2D eigenvalue weighted by molar-refractivity contribution is -0.137. The van der Waals surface area contributed by atoms with E-state index in [-0.39, 0.29) is 23.7 Å². The van der Waals surface area contributed by atoms with Crippen LogP contribution in [0.25, 0.3) is 6.08 Å². The molecule has 1 aromatic heterocycles. The molecule has 0 aliphatic rings. The zero-order chi connectivity index (χ0) is 13.5. The molecule has 1 aromatic rings. The molecule has 94 valence electrons. The quantitative estimate of drug-likeness (QED) is 0.451. The van der Waals surface area contributed by atoms with E-state index in [1.54, 1.807) is 13.0 Å². The molecule has 0 unspecified atom stereocenters. The van der Waals surface area contributed by atoms with Gasteiger partial charge >= 0.3 is 5.97 Å². The minimum atomic E-state index is -0.765. The summed E-state index contributed by atoms with van der Waals surface area (Å²) in [5, 5.41) is 8.79. The minimum absolute atomic E-state index is 0.0433. The first-order chi connectivity index (χ1) is 8.62. The first-order valence-electron chi connectivity index (χ1n) is 5.08. The molecule has 1 heterocycles. The highest BCUT2D eigenvalue weighted by atomic mass is 16.5. The number of hydrogen-bond acceptors (Lipinski definition) is 6. The molecule has 0 aromatic carbocycles. The van der Waals surface area contributed by atoms with Gasteiger partial charge in [-0.3, -0.25) is 4.79 Å². The summed E-state index contributed by atoms with van der Waals surface area (Å²) in [5.74, 6) is -0.648. The van der Waals surface area contributed by atoms with Gasteiger partial charge in [-0.1, -0.05) is 0 Å². The van der Waals surface area contributed by atoms with Gasteiger partial charge in [-0.05, 0) is 6.92 Å². The van der Waals surface area contributed by atoms with Crippen molar-refractivity contribution in [1.29, 1.82) is 5.26 Å². The van der Waals surface area contributed by atoms with Crippen LogP contribution in [0, 0.1) is 11.3 Å². The van der Waals surface area contributed by atoms with E-state index >= 15 is 0 Å². The number of ether oxygens (including phenoxy) is 2. The Balaban J connectivity index is 3.08. The molecule has 0 amide bonds. The molecule has 0 N–H and O–H groups in total. The van der Waals surface area contributed by atoms with E-state index in [2.05, 4.69) is 4.74 Å². The molecular formula is C12H11NO5. The Morgan fingerprint density at radius 2 is 2.33 bits per heavy atom. The number of nitrogens with zero attached hydrogens (tertiary/aromatic N) is 1. The molecule has 0 saturated carbocycles. The summed E-state index contributed by atoms with van der Waals surface area (Å²) in [6, 6.07) is 2.80. The molecule has 0 aliphatic carbocycles. The maximum Gasteiger partial charge on any atom is 0.349 e. The van der Waals surface area contributed by atoms with Crippen molar-refractivity contribution in [2.24, 2.45) is 0 Å². The number of carbonyl (C=O) groups is 1. The largest absolute Gasteiger partial charge is 0.490 e. The fourth-order valence-electron chi connectivity index (χ4n) is 1.13. The van der Waals surface area contributed by atoms with Crippen molar-refractivity contribution in [3.05, 3.63) is 33.9 Å². The van der Waals surface area contributed by atoms with Gasteiger partial charge in [0.1, 0.15) is 23.7 Å². The van der Waals surface area contributed by atoms with E-state index in [9.17, 15) is 9.59 Å². The van der Waals surface area contributed by atoms with Crippen LogP contribution in [0.2, 0.25) is 0 Å². The third-order valence-corrected chi connectivity index (χ3v) is 1.94. The molecule has 0 radical (unpaired) electrons. The SMILES string of the molecule is CCOC(=O)/C(C#N)=C\c1cc(=O)c(OC)co1. The molecule has 0 aliphatic heterocycles. The van der Waals surface area contributed by atoms with Crippen LogP contribution in [0.3, 0.4) is 0 Å². The maximum absolute atomic E-state index is 11.4. The van der Waals surface area contributed by atoms with Gasteiger partial charge in [-0.25, -0.2) is 4.79 Å². The summed E-state index contributed by atoms with van der Waals surface area (Å²) < 4.78 is 14.4. The molecule has 0 bridgehead atoms. The van der Waals surface area contributed by atoms with Gasteiger partial charge in [0.15, 0.2) is 0 Å². The van der Waals surface area contributed by atoms with Crippen LogP contribution >= 0.6 is 0 Å². The molecule has 0 atom stereocenters. The second kappa shape index (κ2) is 6.25. The summed E-state index contributed by atoms with van der Waals surface area (Å²) in [7, 11) is 1.33. The van der Waals surface area contributed by atoms with E-state index in [0.29, 0.717) is 0 Å². The number of hydrogen-bond donors (Lipinski definition) is 0. The van der Waals surface area contributed by atoms with Crippen molar-refractivity contribution in [3.63, 3.8) is 0 Å². The summed E-state index contributed by atoms with van der Waals surface area (Å²) in [6.45, 7) is 1.78. The predicted octanol–water partition coefficient (Wildman–Crippen LogP) is 1.12. The van der Waals surface area contributed by atoms with Crippen LogP contribution in [0.4, 0.5) is 0 Å². The molecule has 1 rings (SSSR count). The van der Waals surface area contributed by atoms with E-state index < -0.39 is 11.4 Å². The Kier molecular flexibility index (Phi) is 4.69. The Morgan fingerprint density at radius 3 is 2.83 bits per heavy atom. The average molecular weight is 249 g/mol. The highest BCUT2D eigenvalue weighted by molar-refractivity contribution is 5.97. The van der Waals surface area contributed by atoms with Crippen molar-refractivity contribution in [3.8, 4) is 11.8 Å². The van der Waals surface area contributed by atoms with E-state index in [1.165, 1.54) is 7.11 Å². The molecule has 18 heavy (non-hydrogen) atoms. The summed E-state index contributed by atoms with van der Waals surface area (Å²) >= 11 is 0. The van der Waals surface area contributed by atoms with Crippen molar-refractivity contribution in [2.45, 2.75) is 6.92 Å². The number of nitriles is 1. The van der Waals surface area contributed by atoms with Gasteiger partial charge in [0.2, 0.25) is 11.2 Å². The number of carbonyl (C=O) groups excluding carboxylic acids is 1. The minimum Gasteiger partial charge on any atom is -0.490 e. The summed E-state index contributed by atoms with van der Waals surface area (Å²) in [5.41, 5.74) is -0.652. The number of methoxy groups -OCH3 is 1. The van der Waals surface area contributed by atoms with Crippen molar-refractivity contribution < 1.29 is 18.7 Å². The van der Waals surface area contributed by atoms with E-state index in [1.807, 2.05) is 0 Å². The second-order valence-electron chi connectivity index (χ2n) is 3.11. The third kappa shape index (κ3) is 3.22. The number of rotatable bonds is 4. The van der Waals surface area contributed by atoms with Gasteiger partial charge in [-0.15, -0.1) is 0 Å². The van der Waals surface area contributed by atoms with Gasteiger partial charge < -0.3 is 13.9 Å². The summed E-state index contributed by atoms with van der Waals surface area (Å²) in [6.07, 6.45) is 2.24. The highest BCUT2D eigenvalue weighted by Gasteiger charge is 2.11. The van der Waals surface area contributed by atoms with Gasteiger partial charge in [0.25, 0.3) is 0 Å². The molecule has 6 heteroatoms.